The number of thiazole rings is 1. The Kier molecular flexibility index (Phi) is 4.09. The van der Waals surface area contributed by atoms with E-state index in [2.05, 4.69) is 0 Å². The summed E-state index contributed by atoms with van der Waals surface area (Å²) in [6, 6.07) is 12.9. The number of hydrogen-bond acceptors (Lipinski definition) is 2. The van der Waals surface area contributed by atoms with E-state index in [4.69, 9.17) is 40.2 Å². The maximum absolute atomic E-state index is 8.14. The highest BCUT2D eigenvalue weighted by Gasteiger charge is 2.13. The monoisotopic (exact) mass is 354 g/mol. The minimum Gasteiger partial charge on any atom is -0.284 e. The van der Waals surface area contributed by atoms with Crippen LogP contribution in [-0.2, 0) is 0 Å². The first-order valence-corrected chi connectivity index (χ1v) is 8.05. The smallest absolute Gasteiger partial charge is 0.187 e. The summed E-state index contributed by atoms with van der Waals surface area (Å²) in [7, 11) is 0. The summed E-state index contributed by atoms with van der Waals surface area (Å²) in [6.07, 6.45) is 0. The summed E-state index contributed by atoms with van der Waals surface area (Å²) in [6.45, 7) is 0. The molecule has 0 aliphatic rings. The maximum Gasteiger partial charge on any atom is 0.187 e. The molecule has 1 heterocycles. The van der Waals surface area contributed by atoms with Crippen LogP contribution in [0.5, 0.6) is 0 Å². The van der Waals surface area contributed by atoms with Crippen molar-refractivity contribution in [3.63, 3.8) is 0 Å². The van der Waals surface area contributed by atoms with Crippen LogP contribution >= 0.6 is 46.1 Å². The Morgan fingerprint density at radius 1 is 0.952 bits per heavy atom. The molecule has 0 spiro atoms. The Balaban J connectivity index is 2.25. The highest BCUT2D eigenvalue weighted by molar-refractivity contribution is 7.07. The van der Waals surface area contributed by atoms with Crippen molar-refractivity contribution in [1.29, 1.82) is 5.41 Å². The van der Waals surface area contributed by atoms with Crippen molar-refractivity contribution in [3.05, 3.63) is 67.7 Å². The number of nitrogens with one attached hydrogen (secondary N) is 1. The molecule has 1 N–H and O–H groups in total. The van der Waals surface area contributed by atoms with Crippen LogP contribution in [-0.4, -0.2) is 4.57 Å². The van der Waals surface area contributed by atoms with Crippen LogP contribution in [0.1, 0.15) is 0 Å². The van der Waals surface area contributed by atoms with E-state index in [1.807, 2.05) is 41.8 Å². The Labute approximate surface area is 140 Å². The van der Waals surface area contributed by atoms with Gasteiger partial charge in [-0.2, -0.15) is 0 Å². The van der Waals surface area contributed by atoms with Crippen LogP contribution in [0, 0.1) is 5.41 Å². The van der Waals surface area contributed by atoms with Gasteiger partial charge in [-0.1, -0.05) is 53.0 Å². The summed E-state index contributed by atoms with van der Waals surface area (Å²) in [5.41, 5.74) is 2.54. The summed E-state index contributed by atoms with van der Waals surface area (Å²) in [4.78, 5) is 0.379. The predicted octanol–water partition coefficient (Wildman–Crippen LogP) is 5.65. The van der Waals surface area contributed by atoms with E-state index >= 15 is 0 Å². The summed E-state index contributed by atoms with van der Waals surface area (Å²) >= 11 is 19.6. The van der Waals surface area contributed by atoms with E-state index in [9.17, 15) is 0 Å². The first-order chi connectivity index (χ1) is 10.1. The molecule has 0 radical (unpaired) electrons. The highest BCUT2D eigenvalue weighted by Crippen LogP contribution is 2.31. The molecule has 0 aliphatic heterocycles. The fourth-order valence-electron chi connectivity index (χ4n) is 2.05. The fourth-order valence-corrected chi connectivity index (χ4v) is 3.32. The van der Waals surface area contributed by atoms with E-state index in [0.717, 1.165) is 11.3 Å². The van der Waals surface area contributed by atoms with E-state index in [1.54, 1.807) is 10.6 Å². The SMILES string of the molecule is N=c1scc(-c2ccc(Cl)cc2)n1-c1cccc(Cl)c1Cl. The van der Waals surface area contributed by atoms with Crippen LogP contribution in [0.25, 0.3) is 16.9 Å². The maximum atomic E-state index is 8.14. The average molecular weight is 356 g/mol. The average Bonchev–Trinajstić information content (AvgIpc) is 2.85. The zero-order valence-corrected chi connectivity index (χ0v) is 13.7. The molecule has 0 atom stereocenters. The van der Waals surface area contributed by atoms with Gasteiger partial charge in [-0.05, 0) is 29.8 Å². The van der Waals surface area contributed by atoms with Crippen LogP contribution in [0.3, 0.4) is 0 Å². The quantitative estimate of drug-likeness (QED) is 0.616. The van der Waals surface area contributed by atoms with E-state index < -0.39 is 0 Å². The Bertz CT molecular complexity index is 850. The highest BCUT2D eigenvalue weighted by atomic mass is 35.5. The normalized spacial score (nSPS) is 10.8. The van der Waals surface area contributed by atoms with Crippen molar-refractivity contribution in [2.24, 2.45) is 0 Å². The van der Waals surface area contributed by atoms with E-state index in [1.165, 1.54) is 11.3 Å². The molecule has 2 nitrogen and oxygen atoms in total. The lowest BCUT2D eigenvalue weighted by molar-refractivity contribution is 0.987. The van der Waals surface area contributed by atoms with Crippen LogP contribution in [0.15, 0.2) is 47.8 Å². The predicted molar refractivity (Wildman–Crippen MR) is 90.0 cm³/mol. The largest absolute Gasteiger partial charge is 0.284 e. The lowest BCUT2D eigenvalue weighted by Crippen LogP contribution is -2.12. The topological polar surface area (TPSA) is 28.8 Å². The fraction of sp³-hybridized carbons (Fsp3) is 0. The molecule has 2 aromatic carbocycles. The second kappa shape index (κ2) is 5.85. The number of halogens is 3. The minimum atomic E-state index is 0.379. The zero-order valence-electron chi connectivity index (χ0n) is 10.6. The second-order valence-electron chi connectivity index (χ2n) is 4.34. The molecular weight excluding hydrogens is 347 g/mol. The number of hydrogen-bond donors (Lipinski definition) is 1. The molecule has 3 rings (SSSR count). The van der Waals surface area contributed by atoms with Crippen LogP contribution in [0.2, 0.25) is 15.1 Å². The van der Waals surface area contributed by atoms with Gasteiger partial charge in [-0.3, -0.25) is 9.98 Å². The molecular formula is C15H9Cl3N2S. The Hall–Kier alpha value is -1.26. The Morgan fingerprint density at radius 3 is 2.38 bits per heavy atom. The van der Waals surface area contributed by atoms with Crippen LogP contribution < -0.4 is 4.80 Å². The molecule has 0 bridgehead atoms. The lowest BCUT2D eigenvalue weighted by atomic mass is 10.1. The molecule has 106 valence electrons. The van der Waals surface area contributed by atoms with Gasteiger partial charge in [-0.25, -0.2) is 0 Å². The molecule has 0 aliphatic carbocycles. The van der Waals surface area contributed by atoms with Crippen LogP contribution in [0.4, 0.5) is 0 Å². The molecule has 21 heavy (non-hydrogen) atoms. The zero-order chi connectivity index (χ0) is 15.0. The third-order valence-corrected chi connectivity index (χ3v) is 4.85. The summed E-state index contributed by atoms with van der Waals surface area (Å²) in [5, 5.41) is 11.6. The van der Waals surface area contributed by atoms with Crippen molar-refractivity contribution >= 4 is 46.1 Å². The molecule has 3 aromatic rings. The minimum absolute atomic E-state index is 0.379. The number of benzene rings is 2. The molecule has 0 unspecified atom stereocenters. The van der Waals surface area contributed by atoms with Crippen molar-refractivity contribution in [2.75, 3.05) is 0 Å². The number of rotatable bonds is 2. The third kappa shape index (κ3) is 2.74. The second-order valence-corrected chi connectivity index (χ2v) is 6.42. The molecule has 1 aromatic heterocycles. The first-order valence-electron chi connectivity index (χ1n) is 6.03. The van der Waals surface area contributed by atoms with Gasteiger partial charge in [0.2, 0.25) is 0 Å². The molecule has 6 heteroatoms. The van der Waals surface area contributed by atoms with E-state index in [0.29, 0.717) is 25.6 Å². The molecule has 0 saturated heterocycles. The first kappa shape index (κ1) is 14.7. The van der Waals surface area contributed by atoms with Gasteiger partial charge in [-0.15, -0.1) is 11.3 Å². The van der Waals surface area contributed by atoms with Crippen molar-refractivity contribution in [2.45, 2.75) is 0 Å². The van der Waals surface area contributed by atoms with Gasteiger partial charge in [0.25, 0.3) is 0 Å². The van der Waals surface area contributed by atoms with Gasteiger partial charge in [0, 0.05) is 10.4 Å². The number of aromatic nitrogens is 1. The van der Waals surface area contributed by atoms with Gasteiger partial charge in [0.05, 0.1) is 21.4 Å². The van der Waals surface area contributed by atoms with E-state index in [-0.39, 0.29) is 0 Å². The van der Waals surface area contributed by atoms with Gasteiger partial charge < -0.3 is 0 Å². The van der Waals surface area contributed by atoms with Crippen molar-refractivity contribution in [1.82, 2.24) is 4.57 Å². The van der Waals surface area contributed by atoms with Gasteiger partial charge >= 0.3 is 0 Å². The Morgan fingerprint density at radius 2 is 1.67 bits per heavy atom. The van der Waals surface area contributed by atoms with Gasteiger partial charge in [0.1, 0.15) is 0 Å². The van der Waals surface area contributed by atoms with Crippen molar-refractivity contribution < 1.29 is 0 Å². The standard InChI is InChI=1S/C15H9Cl3N2S/c16-10-6-4-9(5-7-10)13-8-21-15(19)20(13)12-3-1-2-11(17)14(12)18/h1-8,19H. The number of nitrogens with zero attached hydrogens (tertiary/aromatic N) is 1. The summed E-state index contributed by atoms with van der Waals surface area (Å²) < 4.78 is 1.78. The van der Waals surface area contributed by atoms with Crippen molar-refractivity contribution in [3.8, 4) is 16.9 Å². The third-order valence-electron chi connectivity index (χ3n) is 3.04. The molecule has 0 saturated carbocycles. The lowest BCUT2D eigenvalue weighted by Gasteiger charge is -2.11. The molecule has 0 amide bonds. The van der Waals surface area contributed by atoms with Gasteiger partial charge in [0.15, 0.2) is 4.80 Å². The molecule has 0 fully saturated rings. The summed E-state index contributed by atoms with van der Waals surface area (Å²) in [5.74, 6) is 0.